The van der Waals surface area contributed by atoms with Crippen molar-refractivity contribution in [3.63, 3.8) is 0 Å². The Morgan fingerprint density at radius 2 is 1.80 bits per heavy atom. The minimum atomic E-state index is 0.328. The molecule has 3 rings (SSSR count). The Labute approximate surface area is 125 Å². The topological polar surface area (TPSA) is 17.1 Å². The number of thioether (sulfide) groups is 1. The molecule has 106 valence electrons. The van der Waals surface area contributed by atoms with Gasteiger partial charge in [0, 0.05) is 10.8 Å². The molecule has 1 aromatic carbocycles. The van der Waals surface area contributed by atoms with Crippen molar-refractivity contribution in [3.05, 3.63) is 35.4 Å². The number of hydrogen-bond acceptors (Lipinski definition) is 2. The van der Waals surface area contributed by atoms with E-state index in [9.17, 15) is 4.79 Å². The summed E-state index contributed by atoms with van der Waals surface area (Å²) in [6.07, 6.45) is 11.4. The minimum absolute atomic E-state index is 0.328. The third-order valence-corrected chi connectivity index (χ3v) is 5.55. The fraction of sp³-hybridized carbons (Fsp3) is 0.500. The predicted octanol–water partition coefficient (Wildman–Crippen LogP) is 4.96. The van der Waals surface area contributed by atoms with Gasteiger partial charge in [0.1, 0.15) is 0 Å². The number of rotatable bonds is 3. The molecule has 1 aromatic rings. The zero-order chi connectivity index (χ0) is 13.9. The van der Waals surface area contributed by atoms with Gasteiger partial charge in [0.15, 0.2) is 5.78 Å². The maximum atomic E-state index is 12.5. The molecule has 0 saturated heterocycles. The van der Waals surface area contributed by atoms with E-state index in [0.717, 1.165) is 18.4 Å². The molecule has 2 heteroatoms. The number of hydrogen-bond donors (Lipinski definition) is 0. The molecule has 0 N–H and O–H groups in total. The van der Waals surface area contributed by atoms with Crippen molar-refractivity contribution < 1.29 is 4.79 Å². The molecule has 2 fully saturated rings. The summed E-state index contributed by atoms with van der Waals surface area (Å²) in [6.45, 7) is 0. The van der Waals surface area contributed by atoms with Gasteiger partial charge in [-0.15, -0.1) is 11.8 Å². The molecule has 0 bridgehead atoms. The van der Waals surface area contributed by atoms with Gasteiger partial charge in [0.2, 0.25) is 0 Å². The summed E-state index contributed by atoms with van der Waals surface area (Å²) in [4.78, 5) is 13.8. The third kappa shape index (κ3) is 2.85. The smallest absolute Gasteiger partial charge is 0.162 e. The largest absolute Gasteiger partial charge is 0.294 e. The third-order valence-electron chi connectivity index (χ3n) is 4.80. The van der Waals surface area contributed by atoms with E-state index in [-0.39, 0.29) is 0 Å². The van der Waals surface area contributed by atoms with Gasteiger partial charge in [0.25, 0.3) is 0 Å². The highest BCUT2D eigenvalue weighted by Gasteiger charge is 2.36. The normalized spacial score (nSPS) is 25.8. The van der Waals surface area contributed by atoms with E-state index < -0.39 is 0 Å². The molecule has 2 saturated carbocycles. The maximum absolute atomic E-state index is 12.5. The standard InChI is InChI=1S/C18H22OS/c1-20-16-9-6-13(7-10-16)12-15-8-11-17(18(15)19)14-4-2-3-5-14/h6-7,9-10,12,14,17H,2-5,8,11H2,1H3/b15-12+/t17-/m0/s1. The molecule has 0 aliphatic heterocycles. The van der Waals surface area contributed by atoms with Gasteiger partial charge in [-0.3, -0.25) is 4.79 Å². The van der Waals surface area contributed by atoms with Crippen LogP contribution in [0.5, 0.6) is 0 Å². The second kappa shape index (κ2) is 6.17. The van der Waals surface area contributed by atoms with E-state index >= 15 is 0 Å². The van der Waals surface area contributed by atoms with Gasteiger partial charge >= 0.3 is 0 Å². The van der Waals surface area contributed by atoms with Crippen LogP contribution in [0.25, 0.3) is 6.08 Å². The van der Waals surface area contributed by atoms with Crippen LogP contribution in [-0.2, 0) is 4.79 Å². The van der Waals surface area contributed by atoms with Crippen molar-refractivity contribution in [1.82, 2.24) is 0 Å². The second-order valence-corrected chi connectivity index (χ2v) is 6.88. The van der Waals surface area contributed by atoms with E-state index in [1.165, 1.54) is 36.1 Å². The summed E-state index contributed by atoms with van der Waals surface area (Å²) >= 11 is 1.75. The van der Waals surface area contributed by atoms with Crippen LogP contribution in [0, 0.1) is 11.8 Å². The fourth-order valence-corrected chi connectivity index (χ4v) is 4.07. The highest BCUT2D eigenvalue weighted by Crippen LogP contribution is 2.40. The Kier molecular flexibility index (Phi) is 4.30. The highest BCUT2D eigenvalue weighted by molar-refractivity contribution is 7.98. The quantitative estimate of drug-likeness (QED) is 0.577. The lowest BCUT2D eigenvalue weighted by molar-refractivity contribution is -0.119. The van der Waals surface area contributed by atoms with Crippen LogP contribution in [0.15, 0.2) is 34.7 Å². The van der Waals surface area contributed by atoms with Gasteiger partial charge in [-0.2, -0.15) is 0 Å². The van der Waals surface area contributed by atoms with Gasteiger partial charge in [-0.05, 0) is 67.2 Å². The molecule has 0 amide bonds. The first-order chi connectivity index (χ1) is 9.78. The lowest BCUT2D eigenvalue weighted by Gasteiger charge is -2.15. The second-order valence-electron chi connectivity index (χ2n) is 6.00. The molecule has 2 aliphatic rings. The lowest BCUT2D eigenvalue weighted by atomic mass is 9.88. The SMILES string of the molecule is CSc1ccc(/C=C2\CC[C@@H](C3CCCC3)C2=O)cc1. The molecular formula is C18H22OS. The summed E-state index contributed by atoms with van der Waals surface area (Å²) in [5.41, 5.74) is 2.22. The molecular weight excluding hydrogens is 264 g/mol. The van der Waals surface area contributed by atoms with Gasteiger partial charge in [0.05, 0.1) is 0 Å². The first kappa shape index (κ1) is 13.9. The Hall–Kier alpha value is -1.02. The zero-order valence-electron chi connectivity index (χ0n) is 12.1. The van der Waals surface area contributed by atoms with Crippen molar-refractivity contribution >= 4 is 23.6 Å². The van der Waals surface area contributed by atoms with E-state index in [1.54, 1.807) is 11.8 Å². The summed E-state index contributed by atoms with van der Waals surface area (Å²) < 4.78 is 0. The van der Waals surface area contributed by atoms with Crippen LogP contribution in [0.1, 0.15) is 44.1 Å². The highest BCUT2D eigenvalue weighted by atomic mass is 32.2. The van der Waals surface area contributed by atoms with Gasteiger partial charge < -0.3 is 0 Å². The fourth-order valence-electron chi connectivity index (χ4n) is 3.66. The number of allylic oxidation sites excluding steroid dienone is 1. The summed E-state index contributed by atoms with van der Waals surface area (Å²) in [5, 5.41) is 0. The molecule has 2 aliphatic carbocycles. The van der Waals surface area contributed by atoms with Gasteiger partial charge in [-0.1, -0.05) is 25.0 Å². The van der Waals surface area contributed by atoms with Crippen molar-refractivity contribution in [1.29, 1.82) is 0 Å². The van der Waals surface area contributed by atoms with Gasteiger partial charge in [-0.25, -0.2) is 0 Å². The first-order valence-corrected chi connectivity index (χ1v) is 8.89. The molecule has 20 heavy (non-hydrogen) atoms. The molecule has 0 radical (unpaired) electrons. The van der Waals surface area contributed by atoms with Crippen molar-refractivity contribution in [3.8, 4) is 0 Å². The Morgan fingerprint density at radius 1 is 1.10 bits per heavy atom. The van der Waals surface area contributed by atoms with E-state index in [1.807, 2.05) is 0 Å². The van der Waals surface area contributed by atoms with Crippen molar-refractivity contribution in [2.24, 2.45) is 11.8 Å². The van der Waals surface area contributed by atoms with Crippen molar-refractivity contribution in [2.45, 2.75) is 43.4 Å². The Bertz CT molecular complexity index is 509. The minimum Gasteiger partial charge on any atom is -0.294 e. The molecule has 1 nitrogen and oxygen atoms in total. The molecule has 0 unspecified atom stereocenters. The number of benzene rings is 1. The number of carbonyl (C=O) groups excluding carboxylic acids is 1. The average molecular weight is 286 g/mol. The average Bonchev–Trinajstić information content (AvgIpc) is 3.11. The molecule has 0 aromatic heterocycles. The van der Waals surface area contributed by atoms with Crippen LogP contribution in [0.3, 0.4) is 0 Å². The number of carbonyl (C=O) groups is 1. The van der Waals surface area contributed by atoms with Crippen LogP contribution in [0.4, 0.5) is 0 Å². The maximum Gasteiger partial charge on any atom is 0.162 e. The first-order valence-electron chi connectivity index (χ1n) is 7.67. The van der Waals surface area contributed by atoms with Crippen molar-refractivity contribution in [2.75, 3.05) is 6.26 Å². The summed E-state index contributed by atoms with van der Waals surface area (Å²) in [5.74, 6) is 1.44. The van der Waals surface area contributed by atoms with Crippen LogP contribution in [-0.4, -0.2) is 12.0 Å². The molecule has 0 heterocycles. The molecule has 1 atom stereocenters. The summed E-state index contributed by atoms with van der Waals surface area (Å²) in [7, 11) is 0. The van der Waals surface area contributed by atoms with Crippen LogP contribution in [0.2, 0.25) is 0 Å². The monoisotopic (exact) mass is 286 g/mol. The Morgan fingerprint density at radius 3 is 2.45 bits per heavy atom. The lowest BCUT2D eigenvalue weighted by Crippen LogP contribution is -2.16. The Balaban J connectivity index is 1.73. The zero-order valence-corrected chi connectivity index (χ0v) is 12.9. The summed E-state index contributed by atoms with van der Waals surface area (Å²) in [6, 6.07) is 8.50. The van der Waals surface area contributed by atoms with E-state index in [2.05, 4.69) is 36.6 Å². The van der Waals surface area contributed by atoms with Crippen LogP contribution >= 0.6 is 11.8 Å². The van der Waals surface area contributed by atoms with E-state index in [4.69, 9.17) is 0 Å². The molecule has 0 spiro atoms. The van der Waals surface area contributed by atoms with E-state index in [0.29, 0.717) is 17.6 Å². The number of ketones is 1. The number of Topliss-reactive ketones (excluding diaryl/α,β-unsaturated/α-hetero) is 1. The van der Waals surface area contributed by atoms with Crippen LogP contribution < -0.4 is 0 Å². The predicted molar refractivity (Wildman–Crippen MR) is 85.9 cm³/mol.